The number of anilines is 1. The summed E-state index contributed by atoms with van der Waals surface area (Å²) in [5, 5.41) is 4.74. The lowest BCUT2D eigenvalue weighted by Gasteiger charge is -2.04. The van der Waals surface area contributed by atoms with Crippen LogP contribution < -0.4 is 5.32 Å². The lowest BCUT2D eigenvalue weighted by Crippen LogP contribution is -2.12. The summed E-state index contributed by atoms with van der Waals surface area (Å²) >= 11 is 3.64. The predicted molar refractivity (Wildman–Crippen MR) is 78.6 cm³/mol. The minimum absolute atomic E-state index is 0.0782. The van der Waals surface area contributed by atoms with Gasteiger partial charge in [0.1, 0.15) is 5.82 Å². The molecule has 0 unspecified atom stereocenters. The van der Waals surface area contributed by atoms with Gasteiger partial charge in [0.15, 0.2) is 0 Å². The molecule has 0 aliphatic carbocycles. The van der Waals surface area contributed by atoms with E-state index in [0.29, 0.717) is 5.82 Å². The molecule has 0 aliphatic heterocycles. The average Bonchev–Trinajstić information content (AvgIpc) is 2.80. The van der Waals surface area contributed by atoms with Gasteiger partial charge in [0.05, 0.1) is 4.88 Å². The Morgan fingerprint density at radius 2 is 2.29 bits per heavy atom. The standard InChI is InChI=1S/C12H11IN2OS/c1-2-8-5-6-17-11(8)12(16)15-10-4-3-9(13)7-14-10/h3-7H,2H2,1H3,(H,14,15,16). The quantitative estimate of drug-likeness (QED) is 0.853. The smallest absolute Gasteiger partial charge is 0.267 e. The zero-order valence-corrected chi connectivity index (χ0v) is 12.2. The van der Waals surface area contributed by atoms with Gasteiger partial charge in [-0.3, -0.25) is 4.79 Å². The molecule has 2 aromatic heterocycles. The molecule has 2 heterocycles. The number of aromatic nitrogens is 1. The number of nitrogens with zero attached hydrogens (tertiary/aromatic N) is 1. The molecular weight excluding hydrogens is 347 g/mol. The lowest BCUT2D eigenvalue weighted by atomic mass is 10.2. The summed E-state index contributed by atoms with van der Waals surface area (Å²) in [5.74, 6) is 0.511. The number of halogens is 1. The van der Waals surface area contributed by atoms with Gasteiger partial charge in [0.25, 0.3) is 5.91 Å². The van der Waals surface area contributed by atoms with E-state index in [1.165, 1.54) is 11.3 Å². The zero-order chi connectivity index (χ0) is 12.3. The number of hydrogen-bond acceptors (Lipinski definition) is 3. The topological polar surface area (TPSA) is 42.0 Å². The van der Waals surface area contributed by atoms with E-state index in [2.05, 4.69) is 32.9 Å². The summed E-state index contributed by atoms with van der Waals surface area (Å²) in [7, 11) is 0. The first kappa shape index (κ1) is 12.5. The van der Waals surface area contributed by atoms with Crippen LogP contribution in [0, 0.1) is 3.57 Å². The van der Waals surface area contributed by atoms with Crippen LogP contribution in [-0.4, -0.2) is 10.9 Å². The van der Waals surface area contributed by atoms with Crippen molar-refractivity contribution in [1.82, 2.24) is 4.98 Å². The van der Waals surface area contributed by atoms with Crippen LogP contribution in [0.25, 0.3) is 0 Å². The van der Waals surface area contributed by atoms with E-state index in [9.17, 15) is 4.79 Å². The van der Waals surface area contributed by atoms with Crippen molar-refractivity contribution in [2.24, 2.45) is 0 Å². The van der Waals surface area contributed by atoms with Gasteiger partial charge in [-0.2, -0.15) is 0 Å². The molecule has 0 saturated carbocycles. The summed E-state index contributed by atoms with van der Waals surface area (Å²) in [6.07, 6.45) is 2.59. The number of nitrogens with one attached hydrogen (secondary N) is 1. The second-order valence-electron chi connectivity index (χ2n) is 3.44. The Morgan fingerprint density at radius 3 is 2.94 bits per heavy atom. The molecule has 0 atom stereocenters. The van der Waals surface area contributed by atoms with Gasteiger partial charge in [0.2, 0.25) is 0 Å². The molecule has 3 nitrogen and oxygen atoms in total. The maximum absolute atomic E-state index is 12.0. The van der Waals surface area contributed by atoms with Gasteiger partial charge in [0, 0.05) is 9.77 Å². The number of rotatable bonds is 3. The van der Waals surface area contributed by atoms with E-state index < -0.39 is 0 Å². The Morgan fingerprint density at radius 1 is 1.47 bits per heavy atom. The van der Waals surface area contributed by atoms with Crippen molar-refractivity contribution < 1.29 is 4.79 Å². The van der Waals surface area contributed by atoms with E-state index in [1.54, 1.807) is 12.3 Å². The molecule has 2 aromatic rings. The van der Waals surface area contributed by atoms with Gasteiger partial charge < -0.3 is 5.32 Å². The molecule has 1 amide bonds. The summed E-state index contributed by atoms with van der Waals surface area (Å²) < 4.78 is 1.05. The van der Waals surface area contributed by atoms with E-state index >= 15 is 0 Å². The van der Waals surface area contributed by atoms with E-state index in [0.717, 1.165) is 20.4 Å². The highest BCUT2D eigenvalue weighted by Gasteiger charge is 2.12. The average molecular weight is 358 g/mol. The Kier molecular flexibility index (Phi) is 4.11. The monoisotopic (exact) mass is 358 g/mol. The highest BCUT2D eigenvalue weighted by molar-refractivity contribution is 14.1. The fourth-order valence-corrected chi connectivity index (χ4v) is 2.65. The van der Waals surface area contributed by atoms with Crippen molar-refractivity contribution in [1.29, 1.82) is 0 Å². The number of hydrogen-bond donors (Lipinski definition) is 1. The third kappa shape index (κ3) is 3.04. The minimum atomic E-state index is -0.0782. The Hall–Kier alpha value is -0.950. The number of pyridine rings is 1. The number of amides is 1. The predicted octanol–water partition coefficient (Wildman–Crippen LogP) is 3.56. The Labute approximate surface area is 117 Å². The molecule has 0 aliphatic rings. The van der Waals surface area contributed by atoms with Crippen molar-refractivity contribution in [2.75, 3.05) is 5.32 Å². The van der Waals surface area contributed by atoms with Crippen LogP contribution in [0.15, 0.2) is 29.8 Å². The van der Waals surface area contributed by atoms with Crippen molar-refractivity contribution >= 4 is 45.7 Å². The second kappa shape index (κ2) is 5.59. The van der Waals surface area contributed by atoms with Crippen LogP contribution in [0.4, 0.5) is 5.82 Å². The highest BCUT2D eigenvalue weighted by atomic mass is 127. The van der Waals surface area contributed by atoms with Crippen LogP contribution in [0.1, 0.15) is 22.2 Å². The molecule has 1 N–H and O–H groups in total. The van der Waals surface area contributed by atoms with Gasteiger partial charge in [-0.25, -0.2) is 4.98 Å². The van der Waals surface area contributed by atoms with Gasteiger partial charge in [-0.15, -0.1) is 11.3 Å². The van der Waals surface area contributed by atoms with Crippen molar-refractivity contribution in [2.45, 2.75) is 13.3 Å². The molecule has 0 aromatic carbocycles. The lowest BCUT2D eigenvalue weighted by molar-refractivity contribution is 0.102. The van der Waals surface area contributed by atoms with E-state index in [-0.39, 0.29) is 5.91 Å². The van der Waals surface area contributed by atoms with Crippen molar-refractivity contribution in [3.05, 3.63) is 43.8 Å². The van der Waals surface area contributed by atoms with E-state index in [4.69, 9.17) is 0 Å². The van der Waals surface area contributed by atoms with Crippen LogP contribution in [0.5, 0.6) is 0 Å². The summed E-state index contributed by atoms with van der Waals surface area (Å²) in [6.45, 7) is 2.04. The first-order chi connectivity index (χ1) is 8.20. The first-order valence-electron chi connectivity index (χ1n) is 5.20. The van der Waals surface area contributed by atoms with Crippen molar-refractivity contribution in [3.63, 3.8) is 0 Å². The van der Waals surface area contributed by atoms with Gasteiger partial charge in [-0.05, 0) is 58.2 Å². The first-order valence-corrected chi connectivity index (χ1v) is 7.16. The molecule has 0 fully saturated rings. The Bertz CT molecular complexity index is 522. The SMILES string of the molecule is CCc1ccsc1C(=O)Nc1ccc(I)cn1. The number of aryl methyl sites for hydroxylation is 1. The molecular formula is C12H11IN2OS. The fourth-order valence-electron chi connectivity index (χ4n) is 1.44. The molecule has 2 rings (SSSR count). The summed E-state index contributed by atoms with van der Waals surface area (Å²) in [6, 6.07) is 5.71. The summed E-state index contributed by atoms with van der Waals surface area (Å²) in [5.41, 5.74) is 1.08. The molecule has 0 bridgehead atoms. The Balaban J connectivity index is 2.14. The number of carbonyl (C=O) groups excluding carboxylic acids is 1. The second-order valence-corrected chi connectivity index (χ2v) is 5.61. The molecule has 5 heteroatoms. The van der Waals surface area contributed by atoms with Crippen molar-refractivity contribution in [3.8, 4) is 0 Å². The maximum Gasteiger partial charge on any atom is 0.267 e. The van der Waals surface area contributed by atoms with E-state index in [1.807, 2.05) is 24.4 Å². The molecule has 0 saturated heterocycles. The maximum atomic E-state index is 12.0. The molecule has 0 radical (unpaired) electrons. The third-order valence-corrected chi connectivity index (χ3v) is 3.90. The van der Waals surface area contributed by atoms with Gasteiger partial charge in [-0.1, -0.05) is 6.92 Å². The fraction of sp³-hybridized carbons (Fsp3) is 0.167. The zero-order valence-electron chi connectivity index (χ0n) is 9.24. The molecule has 17 heavy (non-hydrogen) atoms. The largest absolute Gasteiger partial charge is 0.306 e. The highest BCUT2D eigenvalue weighted by Crippen LogP contribution is 2.18. The van der Waals surface area contributed by atoms with Crippen LogP contribution in [0.2, 0.25) is 0 Å². The van der Waals surface area contributed by atoms with Crippen LogP contribution in [-0.2, 0) is 6.42 Å². The third-order valence-electron chi connectivity index (χ3n) is 2.30. The summed E-state index contributed by atoms with van der Waals surface area (Å²) in [4.78, 5) is 16.9. The normalized spacial score (nSPS) is 10.2. The minimum Gasteiger partial charge on any atom is -0.306 e. The molecule has 0 spiro atoms. The van der Waals surface area contributed by atoms with Gasteiger partial charge >= 0.3 is 0 Å². The van der Waals surface area contributed by atoms with Crippen LogP contribution in [0.3, 0.4) is 0 Å². The number of thiophene rings is 1. The number of carbonyl (C=O) groups is 1. The van der Waals surface area contributed by atoms with Crippen LogP contribution >= 0.6 is 33.9 Å². The molecule has 88 valence electrons.